The van der Waals surface area contributed by atoms with Crippen molar-refractivity contribution in [1.82, 2.24) is 4.90 Å². The van der Waals surface area contributed by atoms with E-state index in [9.17, 15) is 9.59 Å². The molecule has 0 fully saturated rings. The molecule has 0 unspecified atom stereocenters. The van der Waals surface area contributed by atoms with Gasteiger partial charge in [-0.05, 0) is 30.7 Å². The third-order valence-electron chi connectivity index (χ3n) is 2.89. The molecule has 110 valence electrons. The molecule has 5 heteroatoms. The highest BCUT2D eigenvalue weighted by atomic mass is 16.5. The molecule has 0 aliphatic heterocycles. The number of carbonyl (C=O) groups excluding carboxylic acids is 2. The molecule has 1 rings (SSSR count). The van der Waals surface area contributed by atoms with Gasteiger partial charge in [0.2, 0.25) is 5.91 Å². The van der Waals surface area contributed by atoms with E-state index in [1.54, 1.807) is 44.3 Å². The number of benzene rings is 1. The fourth-order valence-corrected chi connectivity index (χ4v) is 1.68. The molecule has 1 aromatic rings. The van der Waals surface area contributed by atoms with Gasteiger partial charge < -0.3 is 9.64 Å². The smallest absolute Gasteiger partial charge is 0.337 e. The molecule has 0 radical (unpaired) electrons. The molecule has 0 aromatic heterocycles. The normalized spacial score (nSPS) is 11.7. The maximum atomic E-state index is 11.8. The first kappa shape index (κ1) is 16.4. The number of esters is 1. The Morgan fingerprint density at radius 2 is 2.00 bits per heavy atom. The van der Waals surface area contributed by atoms with Crippen LogP contribution in [-0.2, 0) is 9.53 Å². The minimum absolute atomic E-state index is 0.172. The Kier molecular flexibility index (Phi) is 6.15. The van der Waals surface area contributed by atoms with Crippen LogP contribution >= 0.6 is 0 Å². The molecular weight excluding hydrogens is 268 g/mol. The largest absolute Gasteiger partial charge is 0.465 e. The van der Waals surface area contributed by atoms with Crippen molar-refractivity contribution < 1.29 is 14.3 Å². The van der Waals surface area contributed by atoms with E-state index in [2.05, 4.69) is 10.8 Å². The fraction of sp³-hybridized carbons (Fsp3) is 0.312. The Bertz CT molecular complexity index is 570. The number of likely N-dealkylation sites (N-methyl/N-ethyl adjacent to an activating group) is 1. The average molecular weight is 286 g/mol. The Morgan fingerprint density at radius 3 is 2.52 bits per heavy atom. The first-order valence-electron chi connectivity index (χ1n) is 6.49. The summed E-state index contributed by atoms with van der Waals surface area (Å²) < 4.78 is 4.61. The number of hydrogen-bond donors (Lipinski definition) is 0. The fourth-order valence-electron chi connectivity index (χ4n) is 1.68. The minimum atomic E-state index is -0.396. The Balaban J connectivity index is 2.66. The summed E-state index contributed by atoms with van der Waals surface area (Å²) in [4.78, 5) is 24.6. The number of nitriles is 1. The molecular formula is C16H18N2O3. The van der Waals surface area contributed by atoms with Crippen LogP contribution in [0.25, 0.3) is 6.08 Å². The van der Waals surface area contributed by atoms with Crippen molar-refractivity contribution in [3.8, 4) is 6.07 Å². The van der Waals surface area contributed by atoms with E-state index in [1.807, 2.05) is 0 Å². The zero-order valence-corrected chi connectivity index (χ0v) is 12.4. The van der Waals surface area contributed by atoms with Crippen molar-refractivity contribution in [3.63, 3.8) is 0 Å². The van der Waals surface area contributed by atoms with Crippen molar-refractivity contribution in [2.45, 2.75) is 6.92 Å². The molecule has 0 N–H and O–H groups in total. The van der Waals surface area contributed by atoms with Gasteiger partial charge in [-0.25, -0.2) is 4.79 Å². The third-order valence-corrected chi connectivity index (χ3v) is 2.89. The number of ether oxygens (including phenoxy) is 1. The third kappa shape index (κ3) is 5.11. The van der Waals surface area contributed by atoms with E-state index >= 15 is 0 Å². The predicted octanol–water partition coefficient (Wildman–Crippen LogP) is 2.10. The van der Waals surface area contributed by atoms with Gasteiger partial charge in [0.1, 0.15) is 0 Å². The van der Waals surface area contributed by atoms with Crippen LogP contribution in [0, 0.1) is 17.2 Å². The van der Waals surface area contributed by atoms with Crippen LogP contribution in [0.4, 0.5) is 0 Å². The highest BCUT2D eigenvalue weighted by Crippen LogP contribution is 2.08. The lowest BCUT2D eigenvalue weighted by molar-refractivity contribution is -0.125. The molecule has 1 aromatic carbocycles. The quantitative estimate of drug-likeness (QED) is 0.614. The lowest BCUT2D eigenvalue weighted by Crippen LogP contribution is -2.29. The van der Waals surface area contributed by atoms with Crippen LogP contribution in [0.3, 0.4) is 0 Å². The van der Waals surface area contributed by atoms with Gasteiger partial charge >= 0.3 is 5.97 Å². The van der Waals surface area contributed by atoms with E-state index in [1.165, 1.54) is 18.1 Å². The second-order valence-corrected chi connectivity index (χ2v) is 4.70. The molecule has 0 aliphatic carbocycles. The molecule has 0 heterocycles. The summed E-state index contributed by atoms with van der Waals surface area (Å²) in [5, 5.41) is 8.72. The summed E-state index contributed by atoms with van der Waals surface area (Å²) in [6.07, 6.45) is 3.11. The minimum Gasteiger partial charge on any atom is -0.465 e. The SMILES string of the molecule is COC(=O)c1ccc(/C=C\C(=O)N(C)C[C@@H](C)C#N)cc1. The first-order chi connectivity index (χ1) is 9.97. The van der Waals surface area contributed by atoms with Gasteiger partial charge in [-0.1, -0.05) is 12.1 Å². The molecule has 0 bridgehead atoms. The highest BCUT2D eigenvalue weighted by molar-refractivity contribution is 5.92. The van der Waals surface area contributed by atoms with Crippen LogP contribution in [-0.4, -0.2) is 37.5 Å². The monoisotopic (exact) mass is 286 g/mol. The van der Waals surface area contributed by atoms with Crippen molar-refractivity contribution in [1.29, 1.82) is 5.26 Å². The molecule has 1 amide bonds. The summed E-state index contributed by atoms with van der Waals surface area (Å²) in [6, 6.07) is 8.82. The van der Waals surface area contributed by atoms with Crippen molar-refractivity contribution in [3.05, 3.63) is 41.5 Å². The van der Waals surface area contributed by atoms with Crippen LogP contribution in [0.15, 0.2) is 30.3 Å². The summed E-state index contributed by atoms with van der Waals surface area (Å²) >= 11 is 0. The molecule has 0 saturated carbocycles. The Labute approximate surface area is 124 Å². The number of hydrogen-bond acceptors (Lipinski definition) is 4. The number of methoxy groups -OCH3 is 1. The zero-order chi connectivity index (χ0) is 15.8. The van der Waals surface area contributed by atoms with Crippen molar-refractivity contribution in [2.75, 3.05) is 20.7 Å². The Hall–Kier alpha value is -2.61. The first-order valence-corrected chi connectivity index (χ1v) is 6.49. The van der Waals surface area contributed by atoms with Gasteiger partial charge in [0.05, 0.1) is 24.7 Å². The van der Waals surface area contributed by atoms with Crippen molar-refractivity contribution in [2.24, 2.45) is 5.92 Å². The summed E-state index contributed by atoms with van der Waals surface area (Å²) in [7, 11) is 2.98. The molecule has 0 aliphatic rings. The van der Waals surface area contributed by atoms with Gasteiger partial charge in [0.15, 0.2) is 0 Å². The summed E-state index contributed by atoms with van der Waals surface area (Å²) in [5.41, 5.74) is 1.26. The van der Waals surface area contributed by atoms with E-state index in [-0.39, 0.29) is 11.8 Å². The topological polar surface area (TPSA) is 70.4 Å². The maximum absolute atomic E-state index is 11.8. The van der Waals surface area contributed by atoms with Crippen LogP contribution in [0.5, 0.6) is 0 Å². The van der Waals surface area contributed by atoms with Gasteiger partial charge in [0.25, 0.3) is 0 Å². The number of nitrogens with zero attached hydrogens (tertiary/aromatic N) is 2. The van der Waals surface area contributed by atoms with E-state index < -0.39 is 5.97 Å². The highest BCUT2D eigenvalue weighted by Gasteiger charge is 2.09. The lowest BCUT2D eigenvalue weighted by atomic mass is 10.1. The van der Waals surface area contributed by atoms with Gasteiger partial charge in [0, 0.05) is 19.7 Å². The van der Waals surface area contributed by atoms with E-state index in [4.69, 9.17) is 5.26 Å². The summed E-state index contributed by atoms with van der Waals surface area (Å²) in [6.45, 7) is 2.15. The van der Waals surface area contributed by atoms with Gasteiger partial charge in [-0.3, -0.25) is 4.79 Å². The molecule has 5 nitrogen and oxygen atoms in total. The number of carbonyl (C=O) groups is 2. The average Bonchev–Trinajstić information content (AvgIpc) is 2.51. The van der Waals surface area contributed by atoms with Gasteiger partial charge in [-0.15, -0.1) is 0 Å². The number of rotatable bonds is 5. The molecule has 21 heavy (non-hydrogen) atoms. The standard InChI is InChI=1S/C16H18N2O3/c1-12(10-17)11-18(2)15(19)9-6-13-4-7-14(8-5-13)16(20)21-3/h4-9,12H,11H2,1-3H3/b9-6-/t12-/m0/s1. The van der Waals surface area contributed by atoms with Gasteiger partial charge in [-0.2, -0.15) is 5.26 Å². The predicted molar refractivity (Wildman–Crippen MR) is 79.2 cm³/mol. The summed E-state index contributed by atoms with van der Waals surface area (Å²) in [5.74, 6) is -0.771. The second-order valence-electron chi connectivity index (χ2n) is 4.70. The van der Waals surface area contributed by atoms with E-state index in [0.717, 1.165) is 5.56 Å². The van der Waals surface area contributed by atoms with E-state index in [0.29, 0.717) is 12.1 Å². The van der Waals surface area contributed by atoms with Crippen LogP contribution in [0.2, 0.25) is 0 Å². The number of amides is 1. The molecule has 0 saturated heterocycles. The molecule has 0 spiro atoms. The molecule has 1 atom stereocenters. The zero-order valence-electron chi connectivity index (χ0n) is 12.4. The second kappa shape index (κ2) is 7.85. The van der Waals surface area contributed by atoms with Crippen LogP contribution in [0.1, 0.15) is 22.8 Å². The lowest BCUT2D eigenvalue weighted by Gasteiger charge is -2.15. The Morgan fingerprint density at radius 1 is 1.38 bits per heavy atom. The maximum Gasteiger partial charge on any atom is 0.337 e. The van der Waals surface area contributed by atoms with Crippen LogP contribution < -0.4 is 0 Å². The van der Waals surface area contributed by atoms with Crippen molar-refractivity contribution >= 4 is 18.0 Å².